The summed E-state index contributed by atoms with van der Waals surface area (Å²) in [6.45, 7) is 16.6. The predicted molar refractivity (Wildman–Crippen MR) is 193 cm³/mol. The number of piperazine rings is 1. The average molecular weight is 674 g/mol. The molecule has 1 N–H and O–H groups in total. The second kappa shape index (κ2) is 14.3. The first-order valence-electron chi connectivity index (χ1n) is 17.3. The van der Waals surface area contributed by atoms with E-state index in [1.807, 2.05) is 36.9 Å². The van der Waals surface area contributed by atoms with Crippen LogP contribution in [0.5, 0.6) is 5.75 Å². The number of aliphatic imine (C=N–C) groups is 1. The van der Waals surface area contributed by atoms with Gasteiger partial charge in [-0.3, -0.25) is 19.7 Å². The van der Waals surface area contributed by atoms with Gasteiger partial charge in [0.1, 0.15) is 12.4 Å². The van der Waals surface area contributed by atoms with Gasteiger partial charge in [-0.1, -0.05) is 31.2 Å². The van der Waals surface area contributed by atoms with Crippen molar-refractivity contribution in [2.75, 3.05) is 51.3 Å². The first-order chi connectivity index (χ1) is 23.2. The number of benzene rings is 2. The second-order valence-corrected chi connectivity index (χ2v) is 14.0. The smallest absolute Gasteiger partial charge is 0.246 e. The molecule has 2 saturated heterocycles. The van der Waals surface area contributed by atoms with E-state index in [9.17, 15) is 9.59 Å². The zero-order valence-electron chi connectivity index (χ0n) is 28.8. The molecule has 0 spiro atoms. The van der Waals surface area contributed by atoms with Crippen molar-refractivity contribution in [1.29, 1.82) is 0 Å². The first-order valence-corrected chi connectivity index (χ1v) is 17.6. The van der Waals surface area contributed by atoms with Crippen LogP contribution in [0.15, 0.2) is 42.0 Å². The summed E-state index contributed by atoms with van der Waals surface area (Å²) in [6.07, 6.45) is 9.82. The third-order valence-corrected chi connectivity index (χ3v) is 10.8. The first kappa shape index (κ1) is 34.0. The van der Waals surface area contributed by atoms with Crippen LogP contribution in [-0.2, 0) is 9.59 Å². The van der Waals surface area contributed by atoms with Crippen LogP contribution in [0.3, 0.4) is 0 Å². The van der Waals surface area contributed by atoms with E-state index in [1.54, 1.807) is 18.1 Å². The van der Waals surface area contributed by atoms with Crippen molar-refractivity contribution >= 4 is 46.3 Å². The maximum absolute atomic E-state index is 12.4. The molecule has 256 valence electrons. The molecule has 1 aliphatic carbocycles. The number of aryl methyl sites for hydroxylation is 1. The average Bonchev–Trinajstić information content (AvgIpc) is 3.85. The molecule has 1 aromatic heterocycles. The van der Waals surface area contributed by atoms with Gasteiger partial charge in [0.05, 0.1) is 29.0 Å². The van der Waals surface area contributed by atoms with Crippen LogP contribution in [0.25, 0.3) is 22.0 Å². The number of hydrogen-bond acceptors (Lipinski definition) is 6. The fourth-order valence-electron chi connectivity index (χ4n) is 8.20. The van der Waals surface area contributed by atoms with E-state index in [0.717, 1.165) is 46.0 Å². The second-order valence-electron chi connectivity index (χ2n) is 13.6. The van der Waals surface area contributed by atoms with Gasteiger partial charge >= 0.3 is 0 Å². The number of halogens is 1. The monoisotopic (exact) mass is 673 g/mol. The van der Waals surface area contributed by atoms with Crippen LogP contribution in [0, 0.1) is 12.8 Å². The Hall–Kier alpha value is -3.89. The lowest BCUT2D eigenvalue weighted by molar-refractivity contribution is -0.130. The summed E-state index contributed by atoms with van der Waals surface area (Å²) in [6, 6.07) is 6.78. The highest BCUT2D eigenvalue weighted by Gasteiger charge is 2.38. The van der Waals surface area contributed by atoms with Crippen molar-refractivity contribution in [3.63, 3.8) is 0 Å². The Bertz CT molecular complexity index is 1720. The topological polar surface area (TPSA) is 97.4 Å². The number of amides is 2. The van der Waals surface area contributed by atoms with Gasteiger partial charge in [-0.05, 0) is 82.7 Å². The molecule has 0 unspecified atom stereocenters. The summed E-state index contributed by atoms with van der Waals surface area (Å²) in [7, 11) is 1.73. The molecule has 2 bridgehead atoms. The number of H-pyrrole nitrogens is 1. The summed E-state index contributed by atoms with van der Waals surface area (Å²) >= 11 is 7.06. The van der Waals surface area contributed by atoms with E-state index >= 15 is 0 Å². The van der Waals surface area contributed by atoms with Gasteiger partial charge in [0.25, 0.3) is 0 Å². The molecule has 4 heterocycles. The summed E-state index contributed by atoms with van der Waals surface area (Å²) in [5, 5.41) is 8.66. The number of carbonyl (C=O) groups excluding carboxylic acids is 2. The molecule has 10 nitrogen and oxygen atoms in total. The highest BCUT2D eigenvalue weighted by Crippen LogP contribution is 2.50. The quantitative estimate of drug-likeness (QED) is 0.151. The maximum Gasteiger partial charge on any atom is 0.246 e. The number of hydrogen-bond donors (Lipinski definition) is 1. The Morgan fingerprint density at radius 3 is 2.60 bits per heavy atom. The van der Waals surface area contributed by atoms with Crippen molar-refractivity contribution in [3.8, 4) is 16.9 Å². The van der Waals surface area contributed by atoms with Crippen molar-refractivity contribution < 1.29 is 14.3 Å². The molecular formula is C37H48ClN7O3. The van der Waals surface area contributed by atoms with E-state index < -0.39 is 0 Å². The van der Waals surface area contributed by atoms with Gasteiger partial charge < -0.3 is 24.3 Å². The van der Waals surface area contributed by atoms with Crippen molar-refractivity contribution in [1.82, 2.24) is 24.9 Å². The molecule has 1 saturated carbocycles. The molecule has 4 aliphatic rings. The zero-order chi connectivity index (χ0) is 34.1. The molecule has 48 heavy (non-hydrogen) atoms. The third-order valence-electron chi connectivity index (χ3n) is 10.5. The number of rotatable bonds is 6. The molecule has 3 aromatic rings. The van der Waals surface area contributed by atoms with Crippen LogP contribution in [0.4, 0.5) is 5.69 Å². The minimum absolute atomic E-state index is 0.0287. The maximum atomic E-state index is 12.4. The van der Waals surface area contributed by atoms with Crippen LogP contribution in [-0.4, -0.2) is 108 Å². The van der Waals surface area contributed by atoms with Crippen LogP contribution < -0.4 is 9.64 Å². The van der Waals surface area contributed by atoms with E-state index in [0.29, 0.717) is 54.1 Å². The van der Waals surface area contributed by atoms with Gasteiger partial charge in [0.2, 0.25) is 12.3 Å². The molecule has 11 heteroatoms. The lowest BCUT2D eigenvalue weighted by Crippen LogP contribution is -2.59. The molecule has 2 aromatic carbocycles. The number of nitrogens with one attached hydrogen (secondary N) is 1. The lowest BCUT2D eigenvalue weighted by Gasteiger charge is -2.45. The highest BCUT2D eigenvalue weighted by molar-refractivity contribution is 6.35. The Morgan fingerprint density at radius 1 is 1.17 bits per heavy atom. The largest absolute Gasteiger partial charge is 0.489 e. The summed E-state index contributed by atoms with van der Waals surface area (Å²) in [5.74, 6) is 2.23. The van der Waals surface area contributed by atoms with Gasteiger partial charge in [-0.25, -0.2) is 0 Å². The fraction of sp³-hybridized carbons (Fsp3) is 0.514. The number of aromatic nitrogens is 2. The van der Waals surface area contributed by atoms with Gasteiger partial charge in [0, 0.05) is 66.9 Å². The van der Waals surface area contributed by atoms with Crippen molar-refractivity contribution in [2.24, 2.45) is 10.9 Å². The molecule has 3 aliphatic heterocycles. The summed E-state index contributed by atoms with van der Waals surface area (Å²) in [4.78, 5) is 37.7. The predicted octanol–water partition coefficient (Wildman–Crippen LogP) is 5.91. The fourth-order valence-corrected chi connectivity index (χ4v) is 8.49. The van der Waals surface area contributed by atoms with Crippen LogP contribution in [0.2, 0.25) is 5.02 Å². The SMILES string of the molecule is C=CC(=O)N1C[C@H](C)N(C(=NC)c2cc(Cl)c(-c3c(C)ccc4[nH]ncc34)c3c2N(C=O)CCO3)C[C@H]1C.CCCN1C[C@H]2CC[C@@H]1C2. The van der Waals surface area contributed by atoms with E-state index in [4.69, 9.17) is 16.3 Å². The Labute approximate surface area is 288 Å². The number of nitrogens with zero attached hydrogens (tertiary/aromatic N) is 6. The molecule has 7 rings (SSSR count). The van der Waals surface area contributed by atoms with Crippen LogP contribution >= 0.6 is 11.6 Å². The number of aromatic amines is 1. The van der Waals surface area contributed by atoms with Gasteiger partial charge in [0.15, 0.2) is 5.75 Å². The Morgan fingerprint density at radius 2 is 1.94 bits per heavy atom. The number of likely N-dealkylation sites (tertiary alicyclic amines) is 1. The van der Waals surface area contributed by atoms with Crippen molar-refractivity contribution in [2.45, 2.75) is 71.5 Å². The number of amidine groups is 1. The summed E-state index contributed by atoms with van der Waals surface area (Å²) in [5.41, 5.74) is 4.87. The normalized spacial score (nSPS) is 23.9. The van der Waals surface area contributed by atoms with Crippen molar-refractivity contribution in [3.05, 3.63) is 53.2 Å². The van der Waals surface area contributed by atoms with E-state index in [1.165, 1.54) is 44.8 Å². The molecule has 4 atom stereocenters. The number of ether oxygens (including phenoxy) is 1. The zero-order valence-corrected chi connectivity index (χ0v) is 29.6. The number of carbonyl (C=O) groups is 2. The minimum atomic E-state index is -0.0897. The minimum Gasteiger partial charge on any atom is -0.489 e. The Balaban J connectivity index is 0.000000340. The third kappa shape index (κ3) is 6.20. The molecule has 0 radical (unpaired) electrons. The standard InChI is InChI=1S/C28H31ClN6O3.C9H17N/c1-6-23(37)34-13-18(4)35(14-17(34)3)28(30-5)19-11-21(29)25(27-26(19)33(15-36)9-10-38-27)24-16(2)7-8-22-20(24)12-31-32-22;1-2-5-10-7-8-3-4-9(10)6-8/h6-8,11-12,15,17-18H,1,9-10,13-14H2,2-5H3,(H,31,32);8-9H,2-7H2,1H3/t17-,18+;8-,9+/m10/s1. The number of piperidine rings is 1. The molecular weight excluding hydrogens is 626 g/mol. The number of anilines is 1. The summed E-state index contributed by atoms with van der Waals surface area (Å²) < 4.78 is 6.28. The van der Waals surface area contributed by atoms with E-state index in [2.05, 4.69) is 45.4 Å². The molecule has 3 fully saturated rings. The highest BCUT2D eigenvalue weighted by atomic mass is 35.5. The van der Waals surface area contributed by atoms with Gasteiger partial charge in [-0.15, -0.1) is 0 Å². The number of fused-ring (bicyclic) bond motifs is 4. The van der Waals surface area contributed by atoms with Gasteiger partial charge in [-0.2, -0.15) is 5.10 Å². The van der Waals surface area contributed by atoms with Crippen LogP contribution in [0.1, 0.15) is 57.6 Å². The molecule has 2 amide bonds. The lowest BCUT2D eigenvalue weighted by atomic mass is 9.92. The van der Waals surface area contributed by atoms with E-state index in [-0.39, 0.29) is 18.0 Å². The Kier molecular flexibility index (Phi) is 10.1.